The Kier molecular flexibility index (Phi) is 12.8. The lowest BCUT2D eigenvalue weighted by atomic mass is 9.81. The maximum absolute atomic E-state index is 12.8. The lowest BCUT2D eigenvalue weighted by Crippen LogP contribution is -2.69. The summed E-state index contributed by atoms with van der Waals surface area (Å²) in [6.45, 7) is 3.83. The van der Waals surface area contributed by atoms with Crippen LogP contribution in [0.4, 0.5) is 0 Å². The van der Waals surface area contributed by atoms with E-state index in [-0.39, 0.29) is 19.1 Å². The Morgan fingerprint density at radius 2 is 1.66 bits per heavy atom. The number of hydrogen-bond donors (Lipinski definition) is 3. The molecule has 2 unspecified atom stereocenters. The average Bonchev–Trinajstić information content (AvgIpc) is 2.76. The van der Waals surface area contributed by atoms with Crippen molar-refractivity contribution in [1.82, 2.24) is 4.90 Å². The second-order valence-corrected chi connectivity index (χ2v) is 10.6. The molecule has 11 nitrogen and oxygen atoms in total. The first-order valence-corrected chi connectivity index (χ1v) is 13.8. The van der Waals surface area contributed by atoms with Gasteiger partial charge in [0, 0.05) is 19.6 Å². The molecule has 12 heteroatoms. The van der Waals surface area contributed by atoms with Crippen molar-refractivity contribution in [3.05, 3.63) is 0 Å². The molecule has 0 aliphatic carbocycles. The molecule has 1 rings (SSSR count). The lowest BCUT2D eigenvalue weighted by Gasteiger charge is -2.43. The minimum absolute atomic E-state index is 0.0434. The SMILES string of the molecule is CCCCCCCCCC(CC)OCCCN1C(=O)C(S(=O)(=O)O)CC(=O)[C@]1(CC(=O)O)C(=O)O. The summed E-state index contributed by atoms with van der Waals surface area (Å²) in [7, 11) is -5.00. The minimum atomic E-state index is -5.00. The second kappa shape index (κ2) is 14.5. The summed E-state index contributed by atoms with van der Waals surface area (Å²) in [5.41, 5.74) is -2.74. The first kappa shape index (κ1) is 31.0. The molecule has 3 N–H and O–H groups in total. The molecule has 0 aromatic rings. The molecule has 1 heterocycles. The third kappa shape index (κ3) is 8.84. The molecule has 0 saturated carbocycles. The third-order valence-corrected chi connectivity index (χ3v) is 7.51. The van der Waals surface area contributed by atoms with Gasteiger partial charge in [0.15, 0.2) is 11.0 Å². The van der Waals surface area contributed by atoms with Crippen LogP contribution in [-0.2, 0) is 34.0 Å². The summed E-state index contributed by atoms with van der Waals surface area (Å²) in [6, 6.07) is 0. The van der Waals surface area contributed by atoms with E-state index in [1.807, 2.05) is 6.92 Å². The summed E-state index contributed by atoms with van der Waals surface area (Å²) >= 11 is 0. The van der Waals surface area contributed by atoms with Gasteiger partial charge in [-0.05, 0) is 19.3 Å². The van der Waals surface area contributed by atoms with E-state index in [1.165, 1.54) is 25.7 Å². The number of carboxylic acids is 2. The maximum atomic E-state index is 12.8. The number of ketones is 1. The molecule has 202 valence electrons. The second-order valence-electron chi connectivity index (χ2n) is 9.02. The number of carbonyl (C=O) groups is 4. The van der Waals surface area contributed by atoms with Crippen LogP contribution in [0.15, 0.2) is 0 Å². The number of carboxylic acid groups (broad SMARTS) is 2. The largest absolute Gasteiger partial charge is 0.481 e. The third-order valence-electron chi connectivity index (χ3n) is 6.42. The summed E-state index contributed by atoms with van der Waals surface area (Å²) in [6.07, 6.45) is 7.42. The van der Waals surface area contributed by atoms with E-state index >= 15 is 0 Å². The molecule has 1 aliphatic heterocycles. The van der Waals surface area contributed by atoms with Crippen LogP contribution in [0, 0.1) is 0 Å². The number of piperidine rings is 1. The summed E-state index contributed by atoms with van der Waals surface area (Å²) in [4.78, 5) is 49.3. The van der Waals surface area contributed by atoms with Crippen molar-refractivity contribution in [3.63, 3.8) is 0 Å². The van der Waals surface area contributed by atoms with Crippen LogP contribution in [0.1, 0.15) is 90.9 Å². The Bertz CT molecular complexity index is 843. The molecule has 1 saturated heterocycles. The highest BCUT2D eigenvalue weighted by atomic mass is 32.2. The van der Waals surface area contributed by atoms with Crippen molar-refractivity contribution in [2.24, 2.45) is 0 Å². The quantitative estimate of drug-likeness (QED) is 0.138. The highest BCUT2D eigenvalue weighted by molar-refractivity contribution is 7.87. The number of ether oxygens (including phenoxy) is 1. The number of hydrogen-bond acceptors (Lipinski definition) is 7. The van der Waals surface area contributed by atoms with Crippen LogP contribution in [0.2, 0.25) is 0 Å². The van der Waals surface area contributed by atoms with Gasteiger partial charge >= 0.3 is 11.9 Å². The van der Waals surface area contributed by atoms with Gasteiger partial charge in [-0.15, -0.1) is 0 Å². The Morgan fingerprint density at radius 1 is 1.06 bits per heavy atom. The molecular formula is C23H39NO10S. The number of Topliss-reactive ketones (excluding diaryl/α,β-unsaturated/α-hetero) is 1. The van der Waals surface area contributed by atoms with Gasteiger partial charge in [0.05, 0.1) is 12.5 Å². The highest BCUT2D eigenvalue weighted by Crippen LogP contribution is 2.33. The van der Waals surface area contributed by atoms with Crippen LogP contribution < -0.4 is 0 Å². The topological polar surface area (TPSA) is 176 Å². The van der Waals surface area contributed by atoms with E-state index in [2.05, 4.69) is 6.92 Å². The van der Waals surface area contributed by atoms with Crippen molar-refractivity contribution >= 4 is 33.7 Å². The number of amides is 1. The highest BCUT2D eigenvalue weighted by Gasteiger charge is 2.61. The van der Waals surface area contributed by atoms with E-state index < -0.39 is 63.9 Å². The van der Waals surface area contributed by atoms with Crippen molar-refractivity contribution < 1.29 is 47.1 Å². The van der Waals surface area contributed by atoms with Crippen LogP contribution in [0.25, 0.3) is 0 Å². The van der Waals surface area contributed by atoms with E-state index in [0.29, 0.717) is 4.90 Å². The van der Waals surface area contributed by atoms with Crippen molar-refractivity contribution in [1.29, 1.82) is 0 Å². The Hall–Kier alpha value is -2.05. The number of unbranched alkanes of at least 4 members (excludes halogenated alkanes) is 6. The van der Waals surface area contributed by atoms with Gasteiger partial charge in [0.2, 0.25) is 11.4 Å². The van der Waals surface area contributed by atoms with Crippen LogP contribution >= 0.6 is 0 Å². The molecule has 35 heavy (non-hydrogen) atoms. The number of rotatable bonds is 18. The van der Waals surface area contributed by atoms with E-state index in [9.17, 15) is 42.4 Å². The average molecular weight is 522 g/mol. The standard InChI is InChI=1S/C23H39NO10S/c1-3-5-6-7-8-9-10-12-17(4-2)34-14-11-13-24-21(28)18(35(31,32)33)15-19(25)23(24,22(29)30)16-20(26)27/h17-18H,3-16H2,1-2H3,(H,26,27)(H,29,30)(H,31,32,33)/t17?,18?,23-/m1/s1. The smallest absolute Gasteiger partial charge is 0.338 e. The molecule has 1 fully saturated rings. The van der Waals surface area contributed by atoms with Crippen LogP contribution in [-0.4, -0.2) is 81.8 Å². The van der Waals surface area contributed by atoms with E-state index in [0.717, 1.165) is 32.1 Å². The monoisotopic (exact) mass is 521 g/mol. The fourth-order valence-electron chi connectivity index (χ4n) is 4.40. The molecule has 0 radical (unpaired) electrons. The normalized spacial score (nSPS) is 21.8. The first-order valence-electron chi connectivity index (χ1n) is 12.3. The predicted molar refractivity (Wildman–Crippen MR) is 127 cm³/mol. The van der Waals surface area contributed by atoms with Gasteiger partial charge in [0.1, 0.15) is 0 Å². The zero-order chi connectivity index (χ0) is 26.6. The Labute approximate surface area is 206 Å². The van der Waals surface area contributed by atoms with Crippen LogP contribution in [0.5, 0.6) is 0 Å². The van der Waals surface area contributed by atoms with Crippen molar-refractivity contribution in [3.8, 4) is 0 Å². The molecular weight excluding hydrogens is 482 g/mol. The minimum Gasteiger partial charge on any atom is -0.481 e. The summed E-state index contributed by atoms with van der Waals surface area (Å²) < 4.78 is 38.4. The number of nitrogens with zero attached hydrogens (tertiary/aromatic N) is 1. The molecule has 1 aliphatic rings. The molecule has 0 aromatic heterocycles. The molecule has 1 amide bonds. The fourth-order valence-corrected chi connectivity index (χ4v) is 5.15. The number of aliphatic carboxylic acids is 2. The predicted octanol–water partition coefficient (Wildman–Crippen LogP) is 2.67. The Morgan fingerprint density at radius 3 is 2.17 bits per heavy atom. The van der Waals surface area contributed by atoms with E-state index in [1.54, 1.807) is 0 Å². The van der Waals surface area contributed by atoms with Gasteiger partial charge in [-0.1, -0.05) is 58.8 Å². The number of likely N-dealkylation sites (tertiary alicyclic amines) is 1. The first-order chi connectivity index (χ1) is 16.4. The zero-order valence-electron chi connectivity index (χ0n) is 20.6. The molecule has 0 spiro atoms. The Balaban J connectivity index is 2.79. The molecule has 3 atom stereocenters. The maximum Gasteiger partial charge on any atom is 0.338 e. The molecule has 0 aromatic carbocycles. The summed E-state index contributed by atoms with van der Waals surface area (Å²) in [5, 5.41) is 16.8. The van der Waals surface area contributed by atoms with Crippen molar-refractivity contribution in [2.75, 3.05) is 13.2 Å². The van der Waals surface area contributed by atoms with Crippen LogP contribution in [0.3, 0.4) is 0 Å². The van der Waals surface area contributed by atoms with Crippen molar-refractivity contribution in [2.45, 2.75) is 108 Å². The van der Waals surface area contributed by atoms with Gasteiger partial charge in [-0.3, -0.25) is 18.9 Å². The number of carbonyl (C=O) groups excluding carboxylic acids is 2. The van der Waals surface area contributed by atoms with Gasteiger partial charge in [0.25, 0.3) is 10.1 Å². The summed E-state index contributed by atoms with van der Waals surface area (Å²) in [5.74, 6) is -6.08. The van der Waals surface area contributed by atoms with Gasteiger partial charge in [-0.2, -0.15) is 8.42 Å². The fraction of sp³-hybridized carbons (Fsp3) is 0.826. The zero-order valence-corrected chi connectivity index (χ0v) is 21.4. The van der Waals surface area contributed by atoms with E-state index in [4.69, 9.17) is 4.74 Å². The van der Waals surface area contributed by atoms with Gasteiger partial charge < -0.3 is 19.8 Å². The lowest BCUT2D eigenvalue weighted by molar-refractivity contribution is -0.172. The molecule has 0 bridgehead atoms. The van der Waals surface area contributed by atoms with Gasteiger partial charge in [-0.25, -0.2) is 4.79 Å².